The second-order valence-corrected chi connectivity index (χ2v) is 5.77. The van der Waals surface area contributed by atoms with Gasteiger partial charge in [0.15, 0.2) is 0 Å². The minimum absolute atomic E-state index is 0.00322. The molecule has 1 aliphatic rings. The molecule has 1 heterocycles. The molecule has 0 bridgehead atoms. The van der Waals surface area contributed by atoms with E-state index in [0.29, 0.717) is 6.42 Å². The Balaban J connectivity index is 2.42. The van der Waals surface area contributed by atoms with Gasteiger partial charge in [0.2, 0.25) is 0 Å². The van der Waals surface area contributed by atoms with Gasteiger partial charge in [-0.05, 0) is 32.1 Å². The fourth-order valence-corrected chi connectivity index (χ4v) is 2.55. The first-order chi connectivity index (χ1) is 9.83. The Bertz CT molecular complexity index is 311. The summed E-state index contributed by atoms with van der Waals surface area (Å²) < 4.78 is 5.64. The van der Waals surface area contributed by atoms with Crippen molar-refractivity contribution < 1.29 is 9.53 Å². The molecule has 0 spiro atoms. The van der Waals surface area contributed by atoms with Crippen LogP contribution in [0.1, 0.15) is 90.4 Å². The van der Waals surface area contributed by atoms with Crippen LogP contribution in [0, 0.1) is 11.8 Å². The van der Waals surface area contributed by atoms with Crippen molar-refractivity contribution in [1.29, 1.82) is 0 Å². The number of cyclic esters (lactones) is 1. The molecule has 0 amide bonds. The molecular formula is C18H30O2. The Morgan fingerprint density at radius 3 is 2.65 bits per heavy atom. The summed E-state index contributed by atoms with van der Waals surface area (Å²) in [5.74, 6) is 6.48. The van der Waals surface area contributed by atoms with E-state index in [0.717, 1.165) is 44.9 Å². The lowest BCUT2D eigenvalue weighted by atomic mass is 10.1. The zero-order valence-electron chi connectivity index (χ0n) is 13.1. The molecule has 0 unspecified atom stereocenters. The summed E-state index contributed by atoms with van der Waals surface area (Å²) in [4.78, 5) is 11.8. The molecule has 0 aromatic carbocycles. The normalized spacial score (nSPS) is 22.2. The second-order valence-electron chi connectivity index (χ2n) is 5.77. The van der Waals surface area contributed by atoms with Crippen molar-refractivity contribution in [2.75, 3.05) is 0 Å². The SMILES string of the molecule is CCCCC[C@H]1CCC#CCCCCCCCC(=O)O1. The van der Waals surface area contributed by atoms with Crippen molar-refractivity contribution in [2.45, 2.75) is 96.5 Å². The van der Waals surface area contributed by atoms with Crippen molar-refractivity contribution in [3.8, 4) is 11.8 Å². The molecule has 0 saturated carbocycles. The second kappa shape index (κ2) is 11.8. The standard InChI is InChI=1S/C18H30O2/c1-2-3-11-14-17-15-12-9-7-5-4-6-8-10-13-16-18(19)20-17/h17H,2-6,8,10-16H2,1H3/t17-/m0/s1. The summed E-state index contributed by atoms with van der Waals surface area (Å²) in [6.45, 7) is 2.20. The Morgan fingerprint density at radius 1 is 1.05 bits per heavy atom. The first-order valence-electron chi connectivity index (χ1n) is 8.48. The lowest BCUT2D eigenvalue weighted by Gasteiger charge is -2.17. The van der Waals surface area contributed by atoms with Gasteiger partial charge in [-0.1, -0.05) is 39.0 Å². The van der Waals surface area contributed by atoms with E-state index in [9.17, 15) is 4.79 Å². The number of ether oxygens (including phenoxy) is 1. The Morgan fingerprint density at radius 2 is 1.80 bits per heavy atom. The molecular weight excluding hydrogens is 248 g/mol. The molecule has 2 heteroatoms. The molecule has 1 aliphatic heterocycles. The number of carbonyl (C=O) groups excluding carboxylic acids is 1. The van der Waals surface area contributed by atoms with Gasteiger partial charge in [-0.2, -0.15) is 0 Å². The average Bonchev–Trinajstić information content (AvgIpc) is 2.44. The van der Waals surface area contributed by atoms with E-state index in [1.807, 2.05) is 0 Å². The van der Waals surface area contributed by atoms with E-state index in [1.54, 1.807) is 0 Å². The maximum absolute atomic E-state index is 11.8. The molecule has 0 aromatic heterocycles. The predicted octanol–water partition coefficient (Wildman–Crippen LogP) is 5.01. The number of hydrogen-bond donors (Lipinski definition) is 0. The first kappa shape index (κ1) is 17.1. The van der Waals surface area contributed by atoms with Gasteiger partial charge in [-0.3, -0.25) is 4.79 Å². The smallest absolute Gasteiger partial charge is 0.306 e. The van der Waals surface area contributed by atoms with Gasteiger partial charge in [0.1, 0.15) is 6.10 Å². The van der Waals surface area contributed by atoms with Crippen LogP contribution in [0.2, 0.25) is 0 Å². The highest BCUT2D eigenvalue weighted by molar-refractivity contribution is 5.69. The maximum Gasteiger partial charge on any atom is 0.306 e. The predicted molar refractivity (Wildman–Crippen MR) is 83.4 cm³/mol. The largest absolute Gasteiger partial charge is 0.462 e. The molecule has 0 radical (unpaired) electrons. The van der Waals surface area contributed by atoms with Crippen LogP contribution in [-0.4, -0.2) is 12.1 Å². The number of carbonyl (C=O) groups is 1. The van der Waals surface area contributed by atoms with Crippen molar-refractivity contribution in [1.82, 2.24) is 0 Å². The molecule has 1 atom stereocenters. The minimum Gasteiger partial charge on any atom is -0.462 e. The van der Waals surface area contributed by atoms with Crippen molar-refractivity contribution in [3.05, 3.63) is 0 Å². The Hall–Kier alpha value is -0.970. The molecule has 0 saturated heterocycles. The van der Waals surface area contributed by atoms with Crippen molar-refractivity contribution in [3.63, 3.8) is 0 Å². The summed E-state index contributed by atoms with van der Waals surface area (Å²) in [6, 6.07) is 0. The Labute approximate surface area is 124 Å². The third-order valence-electron chi connectivity index (χ3n) is 3.83. The van der Waals surface area contributed by atoms with Gasteiger partial charge >= 0.3 is 5.97 Å². The topological polar surface area (TPSA) is 26.3 Å². The van der Waals surface area contributed by atoms with Crippen LogP contribution < -0.4 is 0 Å². The van der Waals surface area contributed by atoms with Gasteiger partial charge in [0.05, 0.1) is 0 Å². The van der Waals surface area contributed by atoms with E-state index >= 15 is 0 Å². The van der Waals surface area contributed by atoms with Crippen molar-refractivity contribution >= 4 is 5.97 Å². The van der Waals surface area contributed by atoms with Crippen LogP contribution in [0.4, 0.5) is 0 Å². The zero-order chi connectivity index (χ0) is 14.5. The Kier molecular flexibility index (Phi) is 10.1. The minimum atomic E-state index is -0.00322. The van der Waals surface area contributed by atoms with Crippen LogP contribution in [0.3, 0.4) is 0 Å². The van der Waals surface area contributed by atoms with Crippen LogP contribution in [0.5, 0.6) is 0 Å². The molecule has 0 N–H and O–H groups in total. The van der Waals surface area contributed by atoms with Crippen LogP contribution >= 0.6 is 0 Å². The average molecular weight is 278 g/mol. The zero-order valence-corrected chi connectivity index (χ0v) is 13.1. The van der Waals surface area contributed by atoms with Crippen LogP contribution in [0.15, 0.2) is 0 Å². The van der Waals surface area contributed by atoms with Gasteiger partial charge in [0, 0.05) is 19.3 Å². The summed E-state index contributed by atoms with van der Waals surface area (Å²) in [7, 11) is 0. The number of rotatable bonds is 4. The third-order valence-corrected chi connectivity index (χ3v) is 3.83. The molecule has 2 nitrogen and oxygen atoms in total. The van der Waals surface area contributed by atoms with Crippen LogP contribution in [-0.2, 0) is 9.53 Å². The van der Waals surface area contributed by atoms with E-state index in [2.05, 4.69) is 18.8 Å². The van der Waals surface area contributed by atoms with E-state index in [4.69, 9.17) is 4.74 Å². The van der Waals surface area contributed by atoms with Gasteiger partial charge in [-0.15, -0.1) is 11.8 Å². The molecule has 0 fully saturated rings. The summed E-state index contributed by atoms with van der Waals surface area (Å²) in [6.07, 6.45) is 13.9. The van der Waals surface area contributed by atoms with Crippen molar-refractivity contribution in [2.24, 2.45) is 0 Å². The third kappa shape index (κ3) is 9.02. The highest BCUT2D eigenvalue weighted by atomic mass is 16.5. The number of hydrogen-bond acceptors (Lipinski definition) is 2. The fraction of sp³-hybridized carbons (Fsp3) is 0.833. The first-order valence-corrected chi connectivity index (χ1v) is 8.48. The summed E-state index contributed by atoms with van der Waals surface area (Å²) in [5, 5.41) is 0. The number of esters is 1. The van der Waals surface area contributed by atoms with Gasteiger partial charge in [-0.25, -0.2) is 0 Å². The molecule has 1 rings (SSSR count). The van der Waals surface area contributed by atoms with Crippen LogP contribution in [0.25, 0.3) is 0 Å². The molecule has 0 aliphatic carbocycles. The quantitative estimate of drug-likeness (QED) is 0.410. The van der Waals surface area contributed by atoms with Gasteiger partial charge < -0.3 is 4.74 Å². The van der Waals surface area contributed by atoms with E-state index < -0.39 is 0 Å². The van der Waals surface area contributed by atoms with E-state index in [1.165, 1.54) is 32.1 Å². The highest BCUT2D eigenvalue weighted by Gasteiger charge is 2.13. The van der Waals surface area contributed by atoms with Gasteiger partial charge in [0.25, 0.3) is 0 Å². The monoisotopic (exact) mass is 278 g/mol. The maximum atomic E-state index is 11.8. The molecule has 20 heavy (non-hydrogen) atoms. The lowest BCUT2D eigenvalue weighted by Crippen LogP contribution is -2.18. The lowest BCUT2D eigenvalue weighted by molar-refractivity contribution is -0.149. The highest BCUT2D eigenvalue weighted by Crippen LogP contribution is 2.15. The fourth-order valence-electron chi connectivity index (χ4n) is 2.55. The summed E-state index contributed by atoms with van der Waals surface area (Å²) >= 11 is 0. The summed E-state index contributed by atoms with van der Waals surface area (Å²) in [5.41, 5.74) is 0. The molecule has 0 aromatic rings. The molecule has 114 valence electrons. The van der Waals surface area contributed by atoms with E-state index in [-0.39, 0.29) is 12.1 Å². The number of unbranched alkanes of at least 4 members (excludes halogenated alkanes) is 2.